The van der Waals surface area contributed by atoms with Crippen molar-refractivity contribution in [2.45, 2.75) is 19.4 Å². The van der Waals surface area contributed by atoms with Crippen LogP contribution in [0.25, 0.3) is 0 Å². The minimum absolute atomic E-state index is 0.279. The van der Waals surface area contributed by atoms with E-state index in [0.717, 1.165) is 4.90 Å². The molecule has 0 radical (unpaired) electrons. The summed E-state index contributed by atoms with van der Waals surface area (Å²) in [5.74, 6) is -1.71. The molecule has 0 aliphatic carbocycles. The third kappa shape index (κ3) is 3.50. The molecule has 2 aromatic rings. The Hall–Kier alpha value is -2.93. The van der Waals surface area contributed by atoms with Crippen molar-refractivity contribution >= 4 is 35.1 Å². The lowest BCUT2D eigenvalue weighted by molar-refractivity contribution is -0.133. The average Bonchev–Trinajstić information content (AvgIpc) is 2.82. The van der Waals surface area contributed by atoms with E-state index in [0.29, 0.717) is 16.1 Å². The highest BCUT2D eigenvalue weighted by Crippen LogP contribution is 2.33. The molecule has 8 heteroatoms. The number of carbonyl (C=O) groups excluding carboxylic acids is 3. The minimum atomic E-state index is -1.37. The van der Waals surface area contributed by atoms with Crippen LogP contribution in [0.15, 0.2) is 42.5 Å². The molecule has 0 unspecified atom stereocenters. The second kappa shape index (κ2) is 7.00. The first-order valence-corrected chi connectivity index (χ1v) is 8.55. The van der Waals surface area contributed by atoms with Crippen LogP contribution >= 0.6 is 11.6 Å². The van der Waals surface area contributed by atoms with Gasteiger partial charge in [0, 0.05) is 16.3 Å². The van der Waals surface area contributed by atoms with Gasteiger partial charge in [0.25, 0.3) is 5.91 Å². The molecular formula is C19H17ClFN3O3. The van der Waals surface area contributed by atoms with E-state index >= 15 is 0 Å². The van der Waals surface area contributed by atoms with E-state index in [-0.39, 0.29) is 5.69 Å². The first kappa shape index (κ1) is 18.8. The van der Waals surface area contributed by atoms with Crippen molar-refractivity contribution < 1.29 is 18.8 Å². The largest absolute Gasteiger partial charge is 0.325 e. The summed E-state index contributed by atoms with van der Waals surface area (Å²) >= 11 is 6.16. The lowest BCUT2D eigenvalue weighted by atomic mass is 9.92. The van der Waals surface area contributed by atoms with Gasteiger partial charge in [-0.05, 0) is 37.6 Å². The fourth-order valence-electron chi connectivity index (χ4n) is 2.95. The van der Waals surface area contributed by atoms with Crippen molar-refractivity contribution in [2.75, 3.05) is 11.9 Å². The number of nitrogens with zero attached hydrogens (tertiary/aromatic N) is 1. The van der Waals surface area contributed by atoms with Crippen molar-refractivity contribution in [1.29, 1.82) is 0 Å². The molecule has 2 aromatic carbocycles. The van der Waals surface area contributed by atoms with Crippen LogP contribution in [0.5, 0.6) is 0 Å². The van der Waals surface area contributed by atoms with Gasteiger partial charge in [-0.1, -0.05) is 35.9 Å². The standard InChI is InChI=1S/C19H17ClFN3O3/c1-11-7-8-12(21)9-15(11)22-16(25)10-24-17(26)19(2,23-18(24)27)13-5-3-4-6-14(13)20/h3-9H,10H2,1-2H3,(H,22,25)(H,23,27)/t19-/m1/s1. The monoisotopic (exact) mass is 389 g/mol. The Morgan fingerprint density at radius 3 is 2.67 bits per heavy atom. The van der Waals surface area contributed by atoms with Crippen molar-refractivity contribution in [1.82, 2.24) is 10.2 Å². The summed E-state index contributed by atoms with van der Waals surface area (Å²) in [5, 5.41) is 5.44. The smallest absolute Gasteiger partial charge is 0.324 e. The maximum Gasteiger partial charge on any atom is 0.325 e. The molecule has 3 rings (SSSR count). The Morgan fingerprint density at radius 2 is 1.96 bits per heavy atom. The van der Waals surface area contributed by atoms with Gasteiger partial charge in [-0.25, -0.2) is 9.18 Å². The van der Waals surface area contributed by atoms with Gasteiger partial charge in [-0.15, -0.1) is 0 Å². The molecule has 0 saturated carbocycles. The van der Waals surface area contributed by atoms with E-state index in [4.69, 9.17) is 11.6 Å². The summed E-state index contributed by atoms with van der Waals surface area (Å²) in [6.07, 6.45) is 0. The number of amides is 4. The number of imide groups is 1. The van der Waals surface area contributed by atoms with Crippen molar-refractivity contribution in [3.05, 3.63) is 64.4 Å². The van der Waals surface area contributed by atoms with Crippen LogP contribution in [0.4, 0.5) is 14.9 Å². The first-order chi connectivity index (χ1) is 12.7. The highest BCUT2D eigenvalue weighted by Gasteiger charge is 2.50. The Labute approximate surface area is 160 Å². The number of nitrogens with one attached hydrogen (secondary N) is 2. The molecule has 2 N–H and O–H groups in total. The van der Waals surface area contributed by atoms with E-state index in [2.05, 4.69) is 10.6 Å². The number of rotatable bonds is 4. The number of urea groups is 1. The van der Waals surface area contributed by atoms with Crippen LogP contribution in [-0.2, 0) is 15.1 Å². The molecule has 140 valence electrons. The SMILES string of the molecule is Cc1ccc(F)cc1NC(=O)CN1C(=O)N[C@](C)(c2ccccc2Cl)C1=O. The molecule has 1 saturated heterocycles. The zero-order valence-electron chi connectivity index (χ0n) is 14.7. The van der Waals surface area contributed by atoms with Crippen molar-refractivity contribution in [3.8, 4) is 0 Å². The molecule has 1 aliphatic heterocycles. The van der Waals surface area contributed by atoms with Crippen LogP contribution < -0.4 is 10.6 Å². The van der Waals surface area contributed by atoms with E-state index in [1.54, 1.807) is 31.2 Å². The number of halogens is 2. The van der Waals surface area contributed by atoms with Gasteiger partial charge in [0.05, 0.1) is 0 Å². The Bertz CT molecular complexity index is 950. The zero-order valence-corrected chi connectivity index (χ0v) is 15.4. The van der Waals surface area contributed by atoms with Gasteiger partial charge in [0.15, 0.2) is 0 Å². The van der Waals surface area contributed by atoms with Crippen LogP contribution in [0, 0.1) is 12.7 Å². The van der Waals surface area contributed by atoms with Crippen molar-refractivity contribution in [3.63, 3.8) is 0 Å². The van der Waals surface area contributed by atoms with Crippen molar-refractivity contribution in [2.24, 2.45) is 0 Å². The predicted molar refractivity (Wildman–Crippen MR) is 98.8 cm³/mol. The molecule has 0 spiro atoms. The maximum absolute atomic E-state index is 13.4. The Morgan fingerprint density at radius 1 is 1.26 bits per heavy atom. The van der Waals surface area contributed by atoms with Gasteiger partial charge in [-0.3, -0.25) is 14.5 Å². The van der Waals surface area contributed by atoms with E-state index < -0.39 is 35.7 Å². The fourth-order valence-corrected chi connectivity index (χ4v) is 3.28. The lowest BCUT2D eigenvalue weighted by Gasteiger charge is -2.23. The summed E-state index contributed by atoms with van der Waals surface area (Å²) in [7, 11) is 0. The number of hydrogen-bond acceptors (Lipinski definition) is 3. The van der Waals surface area contributed by atoms with Crippen LogP contribution in [-0.4, -0.2) is 29.3 Å². The average molecular weight is 390 g/mol. The summed E-state index contributed by atoms with van der Waals surface area (Å²) in [6, 6.07) is 9.94. The molecule has 1 atom stereocenters. The number of hydrogen-bond donors (Lipinski definition) is 2. The van der Waals surface area contributed by atoms with Gasteiger partial charge >= 0.3 is 6.03 Å². The minimum Gasteiger partial charge on any atom is -0.324 e. The molecule has 1 fully saturated rings. The van der Waals surface area contributed by atoms with Gasteiger partial charge in [0.2, 0.25) is 5.91 Å². The summed E-state index contributed by atoms with van der Waals surface area (Å²) in [5.41, 5.74) is 0.00229. The summed E-state index contributed by atoms with van der Waals surface area (Å²) in [6.45, 7) is 2.74. The lowest BCUT2D eigenvalue weighted by Crippen LogP contribution is -2.42. The number of anilines is 1. The molecule has 27 heavy (non-hydrogen) atoms. The van der Waals surface area contributed by atoms with Crippen LogP contribution in [0.3, 0.4) is 0 Å². The van der Waals surface area contributed by atoms with E-state index in [1.807, 2.05) is 0 Å². The van der Waals surface area contributed by atoms with Crippen LogP contribution in [0.2, 0.25) is 5.02 Å². The number of benzene rings is 2. The third-order valence-corrected chi connectivity index (χ3v) is 4.79. The summed E-state index contributed by atoms with van der Waals surface area (Å²) in [4.78, 5) is 38.3. The molecule has 1 aliphatic rings. The highest BCUT2D eigenvalue weighted by atomic mass is 35.5. The first-order valence-electron chi connectivity index (χ1n) is 8.17. The van der Waals surface area contributed by atoms with Gasteiger partial charge in [0.1, 0.15) is 17.9 Å². The third-order valence-electron chi connectivity index (χ3n) is 4.46. The maximum atomic E-state index is 13.4. The topological polar surface area (TPSA) is 78.5 Å². The molecule has 6 nitrogen and oxygen atoms in total. The molecular weight excluding hydrogens is 373 g/mol. The molecule has 4 amide bonds. The normalized spacial score (nSPS) is 19.2. The predicted octanol–water partition coefficient (Wildman–Crippen LogP) is 3.19. The number of carbonyl (C=O) groups is 3. The highest BCUT2D eigenvalue weighted by molar-refractivity contribution is 6.32. The number of aryl methyl sites for hydroxylation is 1. The van der Waals surface area contributed by atoms with E-state index in [1.165, 1.54) is 25.1 Å². The van der Waals surface area contributed by atoms with Gasteiger partial charge in [-0.2, -0.15) is 0 Å². The Balaban J connectivity index is 1.79. The quantitative estimate of drug-likeness (QED) is 0.788. The van der Waals surface area contributed by atoms with Crippen LogP contribution in [0.1, 0.15) is 18.1 Å². The second-order valence-corrected chi connectivity index (χ2v) is 6.84. The summed E-state index contributed by atoms with van der Waals surface area (Å²) < 4.78 is 13.4. The zero-order chi connectivity index (χ0) is 19.8. The molecule has 0 aromatic heterocycles. The molecule has 0 bridgehead atoms. The molecule has 1 heterocycles. The van der Waals surface area contributed by atoms with Gasteiger partial charge < -0.3 is 10.6 Å². The fraction of sp³-hybridized carbons (Fsp3) is 0.211. The Kier molecular flexibility index (Phi) is 4.89. The van der Waals surface area contributed by atoms with E-state index in [9.17, 15) is 18.8 Å². The second-order valence-electron chi connectivity index (χ2n) is 6.43.